The highest BCUT2D eigenvalue weighted by atomic mass is 32.1. The summed E-state index contributed by atoms with van der Waals surface area (Å²) in [5.41, 5.74) is 0.953. The van der Waals surface area contributed by atoms with Crippen LogP contribution in [0, 0.1) is 0 Å². The minimum absolute atomic E-state index is 0.551. The number of rotatable bonds is 4. The summed E-state index contributed by atoms with van der Waals surface area (Å²) in [6.07, 6.45) is 5.41. The second-order valence-electron chi connectivity index (χ2n) is 4.67. The quantitative estimate of drug-likeness (QED) is 0.771. The zero-order chi connectivity index (χ0) is 12.4. The minimum atomic E-state index is 0.551. The number of carbonyl (C=O) groups is 1. The molecule has 0 saturated carbocycles. The predicted molar refractivity (Wildman–Crippen MR) is 72.1 cm³/mol. The van der Waals surface area contributed by atoms with Crippen LogP contribution in [0.15, 0.2) is 0 Å². The van der Waals surface area contributed by atoms with Gasteiger partial charge >= 0.3 is 0 Å². The summed E-state index contributed by atoms with van der Waals surface area (Å²) in [6.45, 7) is 6.53. The van der Waals surface area contributed by atoms with Gasteiger partial charge in [-0.25, -0.2) is 4.98 Å². The van der Waals surface area contributed by atoms with Gasteiger partial charge in [0.05, 0.1) is 10.6 Å². The van der Waals surface area contributed by atoms with Gasteiger partial charge in [-0.1, -0.05) is 25.2 Å². The Morgan fingerprint density at radius 1 is 1.47 bits per heavy atom. The summed E-state index contributed by atoms with van der Waals surface area (Å²) in [7, 11) is 0. The van der Waals surface area contributed by atoms with Crippen LogP contribution in [-0.2, 0) is 6.42 Å². The van der Waals surface area contributed by atoms with Gasteiger partial charge in [0, 0.05) is 12.1 Å². The monoisotopic (exact) mass is 252 g/mol. The van der Waals surface area contributed by atoms with E-state index in [0.717, 1.165) is 34.8 Å². The summed E-state index contributed by atoms with van der Waals surface area (Å²) in [5.74, 6) is 0. The number of aldehydes is 1. The van der Waals surface area contributed by atoms with Crippen LogP contribution in [0.3, 0.4) is 0 Å². The molecule has 2 rings (SSSR count). The maximum atomic E-state index is 11.0. The molecule has 1 aromatic heterocycles. The molecule has 1 aromatic rings. The molecule has 94 valence electrons. The van der Waals surface area contributed by atoms with Gasteiger partial charge in [-0.3, -0.25) is 4.79 Å². The number of hydrogen-bond acceptors (Lipinski definition) is 4. The molecule has 1 aliphatic heterocycles. The highest BCUT2D eigenvalue weighted by Crippen LogP contribution is 2.35. The lowest BCUT2D eigenvalue weighted by Gasteiger charge is -2.27. The van der Waals surface area contributed by atoms with Crippen molar-refractivity contribution in [2.45, 2.75) is 58.5 Å². The normalized spacial score (nSPS) is 24.3. The maximum Gasteiger partial charge on any atom is 0.186 e. The first-order valence-electron chi connectivity index (χ1n) is 6.44. The second-order valence-corrected chi connectivity index (χ2v) is 5.68. The third-order valence-electron chi connectivity index (χ3n) is 3.64. The van der Waals surface area contributed by atoms with Crippen molar-refractivity contribution in [1.29, 1.82) is 0 Å². The third kappa shape index (κ3) is 2.23. The van der Waals surface area contributed by atoms with E-state index in [2.05, 4.69) is 30.7 Å². The number of thiazole rings is 1. The zero-order valence-electron chi connectivity index (χ0n) is 10.8. The lowest BCUT2D eigenvalue weighted by Crippen LogP contribution is -2.33. The summed E-state index contributed by atoms with van der Waals surface area (Å²) in [6, 6.07) is 1.15. The van der Waals surface area contributed by atoms with Crippen molar-refractivity contribution >= 4 is 22.8 Å². The van der Waals surface area contributed by atoms with E-state index in [9.17, 15) is 4.79 Å². The van der Waals surface area contributed by atoms with Crippen LogP contribution < -0.4 is 4.90 Å². The molecule has 0 amide bonds. The number of hydrogen-bond donors (Lipinski definition) is 0. The molecule has 0 bridgehead atoms. The van der Waals surface area contributed by atoms with E-state index in [1.165, 1.54) is 12.8 Å². The lowest BCUT2D eigenvalue weighted by molar-refractivity contribution is 0.112. The largest absolute Gasteiger partial charge is 0.342 e. The first-order chi connectivity index (χ1) is 8.21. The van der Waals surface area contributed by atoms with Gasteiger partial charge in [0.15, 0.2) is 11.4 Å². The van der Waals surface area contributed by atoms with E-state index < -0.39 is 0 Å². The van der Waals surface area contributed by atoms with Crippen LogP contribution in [0.1, 0.15) is 55.4 Å². The zero-order valence-corrected chi connectivity index (χ0v) is 11.6. The number of nitrogens with zero attached hydrogens (tertiary/aromatic N) is 2. The van der Waals surface area contributed by atoms with E-state index in [1.54, 1.807) is 11.3 Å². The molecule has 1 fully saturated rings. The second kappa shape index (κ2) is 5.17. The van der Waals surface area contributed by atoms with Crippen LogP contribution >= 0.6 is 11.3 Å². The standard InChI is InChI=1S/C13H20N2OS/c1-4-10-7-6-9(3)15(10)13-14-11(5-2)12(8-16)17-13/h8-10H,4-7H2,1-3H3. The molecular weight excluding hydrogens is 232 g/mol. The first kappa shape index (κ1) is 12.6. The first-order valence-corrected chi connectivity index (χ1v) is 7.26. The maximum absolute atomic E-state index is 11.0. The minimum Gasteiger partial charge on any atom is -0.342 e. The van der Waals surface area contributed by atoms with E-state index in [0.29, 0.717) is 12.1 Å². The van der Waals surface area contributed by atoms with Crippen molar-refractivity contribution in [2.24, 2.45) is 0 Å². The fourth-order valence-corrected chi connectivity index (χ4v) is 3.77. The van der Waals surface area contributed by atoms with E-state index in [-0.39, 0.29) is 0 Å². The number of aromatic nitrogens is 1. The molecule has 1 saturated heterocycles. The fraction of sp³-hybridized carbons (Fsp3) is 0.692. The number of aryl methyl sites for hydroxylation is 1. The average molecular weight is 252 g/mol. The molecular formula is C13H20N2OS. The van der Waals surface area contributed by atoms with Gasteiger partial charge in [-0.05, 0) is 32.6 Å². The molecule has 0 aliphatic carbocycles. The van der Waals surface area contributed by atoms with Crippen LogP contribution in [0.2, 0.25) is 0 Å². The smallest absolute Gasteiger partial charge is 0.186 e. The van der Waals surface area contributed by atoms with Gasteiger partial charge in [-0.2, -0.15) is 0 Å². The van der Waals surface area contributed by atoms with E-state index in [4.69, 9.17) is 0 Å². The van der Waals surface area contributed by atoms with Gasteiger partial charge in [-0.15, -0.1) is 0 Å². The highest BCUT2D eigenvalue weighted by Gasteiger charge is 2.31. The third-order valence-corrected chi connectivity index (χ3v) is 4.67. The van der Waals surface area contributed by atoms with Crippen LogP contribution in [0.4, 0.5) is 5.13 Å². The Morgan fingerprint density at radius 2 is 2.24 bits per heavy atom. The SMILES string of the molecule is CCc1nc(N2C(C)CCC2CC)sc1C=O. The van der Waals surface area contributed by atoms with E-state index in [1.807, 2.05) is 0 Å². The summed E-state index contributed by atoms with van der Waals surface area (Å²) in [5, 5.41) is 1.04. The summed E-state index contributed by atoms with van der Waals surface area (Å²) >= 11 is 1.55. The topological polar surface area (TPSA) is 33.2 Å². The summed E-state index contributed by atoms with van der Waals surface area (Å²) in [4.78, 5) is 18.9. The molecule has 0 aromatic carbocycles. The van der Waals surface area contributed by atoms with Crippen molar-refractivity contribution in [3.63, 3.8) is 0 Å². The Labute approximate surface area is 107 Å². The Hall–Kier alpha value is -0.900. The molecule has 1 aliphatic rings. The van der Waals surface area contributed by atoms with Crippen molar-refractivity contribution in [3.05, 3.63) is 10.6 Å². The van der Waals surface area contributed by atoms with Gasteiger partial charge in [0.1, 0.15) is 0 Å². The van der Waals surface area contributed by atoms with Crippen LogP contribution in [0.25, 0.3) is 0 Å². The van der Waals surface area contributed by atoms with Gasteiger partial charge in [0.25, 0.3) is 0 Å². The molecule has 2 heterocycles. The summed E-state index contributed by atoms with van der Waals surface area (Å²) < 4.78 is 0. The molecule has 4 heteroatoms. The molecule has 2 atom stereocenters. The van der Waals surface area contributed by atoms with E-state index >= 15 is 0 Å². The predicted octanol–water partition coefficient (Wildman–Crippen LogP) is 3.29. The Kier molecular flexibility index (Phi) is 3.82. The van der Waals surface area contributed by atoms with Gasteiger partial charge < -0.3 is 4.90 Å². The number of carbonyl (C=O) groups excluding carboxylic acids is 1. The van der Waals surface area contributed by atoms with Gasteiger partial charge in [0.2, 0.25) is 0 Å². The van der Waals surface area contributed by atoms with Crippen molar-refractivity contribution in [2.75, 3.05) is 4.90 Å². The molecule has 3 nitrogen and oxygen atoms in total. The molecule has 0 N–H and O–H groups in total. The van der Waals surface area contributed by atoms with Crippen LogP contribution in [-0.4, -0.2) is 23.4 Å². The Balaban J connectivity index is 2.32. The lowest BCUT2D eigenvalue weighted by atomic mass is 10.2. The molecule has 0 radical (unpaired) electrons. The molecule has 17 heavy (non-hydrogen) atoms. The van der Waals surface area contributed by atoms with Crippen LogP contribution in [0.5, 0.6) is 0 Å². The highest BCUT2D eigenvalue weighted by molar-refractivity contribution is 7.17. The Bertz CT molecular complexity index is 402. The average Bonchev–Trinajstić information content (AvgIpc) is 2.91. The fourth-order valence-electron chi connectivity index (χ4n) is 2.62. The van der Waals surface area contributed by atoms with Crippen molar-refractivity contribution in [1.82, 2.24) is 4.98 Å². The van der Waals surface area contributed by atoms with Crippen molar-refractivity contribution < 1.29 is 4.79 Å². The number of anilines is 1. The Morgan fingerprint density at radius 3 is 2.76 bits per heavy atom. The van der Waals surface area contributed by atoms with Crippen molar-refractivity contribution in [3.8, 4) is 0 Å². The molecule has 2 unspecified atom stereocenters. The molecule has 0 spiro atoms.